The SMILES string of the molecule is COc1cccc(OC[C@H]2CCCN(Cc3nc(Cc4cccc(F)c4)no3)C2)c1. The highest BCUT2D eigenvalue weighted by Gasteiger charge is 2.22. The number of hydrogen-bond donors (Lipinski definition) is 0. The first kappa shape index (κ1) is 20.3. The normalized spacial score (nSPS) is 17.1. The summed E-state index contributed by atoms with van der Waals surface area (Å²) in [5.41, 5.74) is 0.829. The summed E-state index contributed by atoms with van der Waals surface area (Å²) in [6, 6.07) is 14.1. The third-order valence-corrected chi connectivity index (χ3v) is 5.25. The van der Waals surface area contributed by atoms with E-state index in [2.05, 4.69) is 15.0 Å². The number of hydrogen-bond acceptors (Lipinski definition) is 6. The molecule has 1 saturated heterocycles. The fourth-order valence-corrected chi connectivity index (χ4v) is 3.78. The number of aromatic nitrogens is 2. The van der Waals surface area contributed by atoms with Crippen LogP contribution in [0.2, 0.25) is 0 Å². The molecule has 0 aliphatic carbocycles. The van der Waals surface area contributed by atoms with Gasteiger partial charge in [-0.05, 0) is 49.2 Å². The van der Waals surface area contributed by atoms with Crippen LogP contribution in [-0.4, -0.2) is 41.8 Å². The van der Waals surface area contributed by atoms with Gasteiger partial charge in [0.1, 0.15) is 17.3 Å². The van der Waals surface area contributed by atoms with Crippen molar-refractivity contribution in [2.24, 2.45) is 5.92 Å². The third kappa shape index (κ3) is 5.57. The molecule has 0 amide bonds. The highest BCUT2D eigenvalue weighted by atomic mass is 19.1. The maximum Gasteiger partial charge on any atom is 0.240 e. The van der Waals surface area contributed by atoms with E-state index in [0.717, 1.165) is 43.0 Å². The van der Waals surface area contributed by atoms with Gasteiger partial charge < -0.3 is 14.0 Å². The summed E-state index contributed by atoms with van der Waals surface area (Å²) >= 11 is 0. The van der Waals surface area contributed by atoms with Gasteiger partial charge in [-0.25, -0.2) is 4.39 Å². The number of piperidine rings is 1. The third-order valence-electron chi connectivity index (χ3n) is 5.25. The first-order valence-electron chi connectivity index (χ1n) is 10.2. The van der Waals surface area contributed by atoms with Crippen LogP contribution in [0.5, 0.6) is 11.5 Å². The van der Waals surface area contributed by atoms with Crippen molar-refractivity contribution in [2.75, 3.05) is 26.8 Å². The fourth-order valence-electron chi connectivity index (χ4n) is 3.78. The lowest BCUT2D eigenvalue weighted by Gasteiger charge is -2.31. The number of likely N-dealkylation sites (tertiary alicyclic amines) is 1. The van der Waals surface area contributed by atoms with Crippen molar-refractivity contribution < 1.29 is 18.4 Å². The zero-order valence-electron chi connectivity index (χ0n) is 17.1. The van der Waals surface area contributed by atoms with Crippen LogP contribution in [0, 0.1) is 11.7 Å². The number of nitrogens with zero attached hydrogens (tertiary/aromatic N) is 3. The van der Waals surface area contributed by atoms with Gasteiger partial charge in [-0.3, -0.25) is 4.90 Å². The lowest BCUT2D eigenvalue weighted by atomic mass is 9.99. The lowest BCUT2D eigenvalue weighted by molar-refractivity contribution is 0.115. The van der Waals surface area contributed by atoms with Gasteiger partial charge in [0, 0.05) is 24.9 Å². The Bertz CT molecular complexity index is 962. The van der Waals surface area contributed by atoms with Gasteiger partial charge in [0.05, 0.1) is 20.3 Å². The summed E-state index contributed by atoms with van der Waals surface area (Å²) in [6.07, 6.45) is 2.70. The van der Waals surface area contributed by atoms with Crippen molar-refractivity contribution in [1.29, 1.82) is 0 Å². The van der Waals surface area contributed by atoms with Crippen LogP contribution in [0.15, 0.2) is 53.1 Å². The van der Waals surface area contributed by atoms with Crippen LogP contribution >= 0.6 is 0 Å². The molecule has 7 heteroatoms. The number of rotatable bonds is 8. The maximum atomic E-state index is 13.3. The molecule has 2 aromatic carbocycles. The Kier molecular flexibility index (Phi) is 6.59. The minimum atomic E-state index is -0.258. The molecule has 158 valence electrons. The summed E-state index contributed by atoms with van der Waals surface area (Å²) in [7, 11) is 1.65. The molecule has 0 bridgehead atoms. The molecule has 4 rings (SSSR count). The zero-order valence-corrected chi connectivity index (χ0v) is 17.1. The molecule has 1 fully saturated rings. The van der Waals surface area contributed by atoms with Crippen LogP contribution < -0.4 is 9.47 Å². The highest BCUT2D eigenvalue weighted by Crippen LogP contribution is 2.23. The van der Waals surface area contributed by atoms with Crippen molar-refractivity contribution in [2.45, 2.75) is 25.8 Å². The van der Waals surface area contributed by atoms with Gasteiger partial charge in [0.2, 0.25) is 5.89 Å². The second-order valence-electron chi connectivity index (χ2n) is 7.64. The van der Waals surface area contributed by atoms with E-state index in [0.29, 0.717) is 37.2 Å². The molecule has 0 spiro atoms. The molecular formula is C23H26FN3O3. The number of benzene rings is 2. The molecule has 1 aliphatic rings. The Labute approximate surface area is 175 Å². The fraction of sp³-hybridized carbons (Fsp3) is 0.391. The van der Waals surface area contributed by atoms with E-state index < -0.39 is 0 Å². The molecular weight excluding hydrogens is 385 g/mol. The van der Waals surface area contributed by atoms with Gasteiger partial charge in [0.25, 0.3) is 0 Å². The van der Waals surface area contributed by atoms with E-state index in [1.54, 1.807) is 13.2 Å². The van der Waals surface area contributed by atoms with Crippen molar-refractivity contribution in [3.05, 3.63) is 71.6 Å². The number of ether oxygens (including phenoxy) is 2. The van der Waals surface area contributed by atoms with E-state index in [-0.39, 0.29) is 5.82 Å². The Morgan fingerprint density at radius 3 is 2.90 bits per heavy atom. The second kappa shape index (κ2) is 9.71. The smallest absolute Gasteiger partial charge is 0.240 e. The van der Waals surface area contributed by atoms with Crippen LogP contribution in [0.1, 0.15) is 30.1 Å². The van der Waals surface area contributed by atoms with E-state index in [1.165, 1.54) is 12.1 Å². The summed E-state index contributed by atoms with van der Waals surface area (Å²) in [5, 5.41) is 4.05. The first-order chi connectivity index (χ1) is 14.7. The van der Waals surface area contributed by atoms with Crippen LogP contribution in [-0.2, 0) is 13.0 Å². The summed E-state index contributed by atoms with van der Waals surface area (Å²) in [5.74, 6) is 2.97. The van der Waals surface area contributed by atoms with E-state index >= 15 is 0 Å². The molecule has 1 atom stereocenters. The standard InChI is InChI=1S/C23H26FN3O3/c1-28-20-8-3-9-21(13-20)29-16-18-6-4-10-27(14-18)15-23-25-22(26-30-23)12-17-5-2-7-19(24)11-17/h2-3,5,7-9,11,13,18H,4,6,10,12,14-16H2,1H3/t18-/m0/s1. The Morgan fingerprint density at radius 2 is 2.03 bits per heavy atom. The average Bonchev–Trinajstić information content (AvgIpc) is 3.19. The quantitative estimate of drug-likeness (QED) is 0.556. The minimum absolute atomic E-state index is 0.258. The van der Waals surface area contributed by atoms with Crippen LogP contribution in [0.3, 0.4) is 0 Å². The molecule has 0 radical (unpaired) electrons. The van der Waals surface area contributed by atoms with Gasteiger partial charge in [-0.15, -0.1) is 0 Å². The Morgan fingerprint density at radius 1 is 1.17 bits per heavy atom. The molecule has 6 nitrogen and oxygen atoms in total. The zero-order chi connectivity index (χ0) is 20.8. The molecule has 0 saturated carbocycles. The molecule has 30 heavy (non-hydrogen) atoms. The maximum absolute atomic E-state index is 13.3. The van der Waals surface area contributed by atoms with Crippen molar-refractivity contribution in [3.63, 3.8) is 0 Å². The topological polar surface area (TPSA) is 60.6 Å². The first-order valence-corrected chi connectivity index (χ1v) is 10.2. The largest absolute Gasteiger partial charge is 0.497 e. The van der Waals surface area contributed by atoms with Gasteiger partial charge in [-0.2, -0.15) is 4.98 Å². The Hall–Kier alpha value is -2.93. The highest BCUT2D eigenvalue weighted by molar-refractivity contribution is 5.32. The van der Waals surface area contributed by atoms with Crippen molar-refractivity contribution >= 4 is 0 Å². The van der Waals surface area contributed by atoms with Gasteiger partial charge >= 0.3 is 0 Å². The van der Waals surface area contributed by atoms with E-state index in [9.17, 15) is 4.39 Å². The number of methoxy groups -OCH3 is 1. The predicted octanol–water partition coefficient (Wildman–Crippen LogP) is 4.10. The molecule has 3 aromatic rings. The van der Waals surface area contributed by atoms with Crippen LogP contribution in [0.25, 0.3) is 0 Å². The molecule has 1 aliphatic heterocycles. The van der Waals surface area contributed by atoms with Crippen molar-refractivity contribution in [3.8, 4) is 11.5 Å². The Balaban J connectivity index is 1.28. The number of halogens is 1. The van der Waals surface area contributed by atoms with E-state index in [4.69, 9.17) is 14.0 Å². The summed E-state index contributed by atoms with van der Waals surface area (Å²) < 4.78 is 30.0. The molecule has 1 aromatic heterocycles. The van der Waals surface area contributed by atoms with Gasteiger partial charge in [-0.1, -0.05) is 23.4 Å². The van der Waals surface area contributed by atoms with Crippen molar-refractivity contribution in [1.82, 2.24) is 15.0 Å². The average molecular weight is 411 g/mol. The van der Waals surface area contributed by atoms with Gasteiger partial charge in [0.15, 0.2) is 5.82 Å². The summed E-state index contributed by atoms with van der Waals surface area (Å²) in [4.78, 5) is 6.80. The monoisotopic (exact) mass is 411 g/mol. The summed E-state index contributed by atoms with van der Waals surface area (Å²) in [6.45, 7) is 3.20. The second-order valence-corrected chi connectivity index (χ2v) is 7.64. The molecule has 0 N–H and O–H groups in total. The minimum Gasteiger partial charge on any atom is -0.497 e. The predicted molar refractivity (Wildman–Crippen MR) is 110 cm³/mol. The molecule has 0 unspecified atom stereocenters. The molecule has 2 heterocycles. The lowest BCUT2D eigenvalue weighted by Crippen LogP contribution is -2.37. The van der Waals surface area contributed by atoms with E-state index in [1.807, 2.05) is 30.3 Å². The van der Waals surface area contributed by atoms with Crippen LogP contribution in [0.4, 0.5) is 4.39 Å².